The molecule has 5 N–H and O–H groups in total. The molecule has 0 aliphatic carbocycles. The number of amides is 3. The lowest BCUT2D eigenvalue weighted by Gasteiger charge is -2.26. The van der Waals surface area contributed by atoms with Crippen LogP contribution in [0.4, 0.5) is 10.6 Å². The first-order valence-corrected chi connectivity index (χ1v) is 17.4. The first-order valence-electron chi connectivity index (χ1n) is 17.4. The molecule has 4 aromatic rings. The SMILES string of the molecule is CCNC(=O)C1OC(n2cnc3c(NCC(c4ccccc4)c4ccccc4)nc(CN(C)C(=O)NCCN4CCCCC4)nc32)C(O)C1O. The molecule has 0 saturated carbocycles. The van der Waals surface area contributed by atoms with Crippen LogP contribution in [-0.2, 0) is 16.1 Å². The summed E-state index contributed by atoms with van der Waals surface area (Å²) in [5.41, 5.74) is 2.97. The van der Waals surface area contributed by atoms with Gasteiger partial charge in [0, 0.05) is 39.1 Å². The molecule has 2 saturated heterocycles. The molecule has 4 unspecified atom stereocenters. The molecule has 3 amide bonds. The summed E-state index contributed by atoms with van der Waals surface area (Å²) in [5.74, 6) is 0.228. The standard InChI is InChI=1S/C36H47N9O5/c1-3-37-34(48)31-29(46)30(47)35(50-31)45-23-40-28-32(39-21-26(24-13-7-4-8-14-24)25-15-9-5-10-16-25)41-27(42-33(28)45)22-43(2)36(49)38-17-20-44-18-11-6-12-19-44/h4-5,7-10,13-16,23,26,29-31,35,46-47H,3,6,11-12,17-22H2,1-2H3,(H,37,48)(H,38,49)(H,39,41,42). The molecule has 6 rings (SSSR count). The minimum Gasteiger partial charge on any atom is -0.387 e. The quantitative estimate of drug-likeness (QED) is 0.141. The van der Waals surface area contributed by atoms with Gasteiger partial charge in [-0.1, -0.05) is 67.1 Å². The van der Waals surface area contributed by atoms with Gasteiger partial charge in [-0.15, -0.1) is 0 Å². The maximum atomic E-state index is 13.1. The number of aliphatic hydroxyl groups excluding tert-OH is 2. The Bertz CT molecular complexity index is 1680. The van der Waals surface area contributed by atoms with Crippen LogP contribution in [-0.4, -0.2) is 116 Å². The van der Waals surface area contributed by atoms with Crippen LogP contribution in [0.5, 0.6) is 0 Å². The third kappa shape index (κ3) is 8.05. The number of nitrogens with zero attached hydrogens (tertiary/aromatic N) is 6. The second-order valence-corrected chi connectivity index (χ2v) is 12.9. The van der Waals surface area contributed by atoms with Crippen molar-refractivity contribution in [3.8, 4) is 0 Å². The number of aliphatic hydroxyl groups is 2. The summed E-state index contributed by atoms with van der Waals surface area (Å²) in [6, 6.07) is 20.1. The van der Waals surface area contributed by atoms with Crippen molar-refractivity contribution in [2.24, 2.45) is 0 Å². The van der Waals surface area contributed by atoms with Crippen LogP contribution in [0.2, 0.25) is 0 Å². The number of fused-ring (bicyclic) bond motifs is 1. The average Bonchev–Trinajstić information content (AvgIpc) is 3.69. The number of piperidine rings is 1. The van der Waals surface area contributed by atoms with Gasteiger partial charge in [-0.25, -0.2) is 19.7 Å². The van der Waals surface area contributed by atoms with Gasteiger partial charge < -0.3 is 40.7 Å². The second-order valence-electron chi connectivity index (χ2n) is 12.9. The van der Waals surface area contributed by atoms with E-state index in [1.165, 1.54) is 35.1 Å². The van der Waals surface area contributed by atoms with Crippen molar-refractivity contribution in [2.75, 3.05) is 51.6 Å². The first-order chi connectivity index (χ1) is 24.3. The first kappa shape index (κ1) is 35.2. The van der Waals surface area contributed by atoms with Crippen molar-refractivity contribution >= 4 is 28.9 Å². The normalized spacial score (nSPS) is 21.0. The number of likely N-dealkylation sites (N-methyl/N-ethyl adjacent to an activating group) is 1. The van der Waals surface area contributed by atoms with Crippen LogP contribution < -0.4 is 16.0 Å². The summed E-state index contributed by atoms with van der Waals surface area (Å²) in [4.78, 5) is 43.8. The number of nitrogens with one attached hydrogen (secondary N) is 3. The van der Waals surface area contributed by atoms with Crippen LogP contribution in [0, 0.1) is 0 Å². The van der Waals surface area contributed by atoms with Crippen LogP contribution >= 0.6 is 0 Å². The Labute approximate surface area is 291 Å². The summed E-state index contributed by atoms with van der Waals surface area (Å²) in [7, 11) is 1.69. The van der Waals surface area contributed by atoms with Crippen molar-refractivity contribution in [1.82, 2.24) is 40.0 Å². The van der Waals surface area contributed by atoms with Crippen molar-refractivity contribution in [3.63, 3.8) is 0 Å². The van der Waals surface area contributed by atoms with Crippen molar-refractivity contribution < 1.29 is 24.5 Å². The fourth-order valence-electron chi connectivity index (χ4n) is 6.64. The molecule has 2 aliphatic rings. The number of carbonyl (C=O) groups excluding carboxylic acids is 2. The summed E-state index contributed by atoms with van der Waals surface area (Å²) in [6.45, 7) is 6.11. The van der Waals surface area contributed by atoms with Gasteiger partial charge in [0.25, 0.3) is 5.91 Å². The zero-order valence-electron chi connectivity index (χ0n) is 28.6. The molecule has 0 bridgehead atoms. The highest BCUT2D eigenvalue weighted by atomic mass is 16.6. The Kier molecular flexibility index (Phi) is 11.5. The number of benzene rings is 2. The Hall–Kier alpha value is -4.63. The lowest BCUT2D eigenvalue weighted by atomic mass is 9.91. The van der Waals surface area contributed by atoms with Crippen LogP contribution in [0.25, 0.3) is 11.2 Å². The van der Waals surface area contributed by atoms with Crippen molar-refractivity contribution in [1.29, 1.82) is 0 Å². The Morgan fingerprint density at radius 1 is 0.960 bits per heavy atom. The van der Waals surface area contributed by atoms with Crippen LogP contribution in [0.1, 0.15) is 55.3 Å². The number of ether oxygens (including phenoxy) is 1. The molecule has 266 valence electrons. The smallest absolute Gasteiger partial charge is 0.317 e. The molecule has 0 spiro atoms. The van der Waals surface area contributed by atoms with E-state index in [-0.39, 0.29) is 18.5 Å². The van der Waals surface area contributed by atoms with Gasteiger partial charge in [-0.2, -0.15) is 0 Å². The maximum Gasteiger partial charge on any atom is 0.317 e. The molecular formula is C36H47N9O5. The number of carbonyl (C=O) groups is 2. The Balaban J connectivity index is 1.28. The summed E-state index contributed by atoms with van der Waals surface area (Å²) < 4.78 is 7.41. The van der Waals surface area contributed by atoms with E-state index >= 15 is 0 Å². The predicted octanol–water partition coefficient (Wildman–Crippen LogP) is 2.45. The number of hydrogen-bond acceptors (Lipinski definition) is 10. The van der Waals surface area contributed by atoms with Gasteiger partial charge in [-0.3, -0.25) is 9.36 Å². The van der Waals surface area contributed by atoms with Gasteiger partial charge >= 0.3 is 6.03 Å². The van der Waals surface area contributed by atoms with E-state index in [1.807, 2.05) is 36.4 Å². The van der Waals surface area contributed by atoms with E-state index in [4.69, 9.17) is 14.7 Å². The number of urea groups is 1. The van der Waals surface area contributed by atoms with E-state index < -0.39 is 30.4 Å². The van der Waals surface area contributed by atoms with E-state index in [1.54, 1.807) is 14.0 Å². The molecule has 14 heteroatoms. The monoisotopic (exact) mass is 685 g/mol. The Morgan fingerprint density at radius 2 is 1.64 bits per heavy atom. The summed E-state index contributed by atoms with van der Waals surface area (Å²) in [5, 5.41) is 30.9. The highest BCUT2D eigenvalue weighted by Gasteiger charge is 2.47. The third-order valence-electron chi connectivity index (χ3n) is 9.35. The molecule has 2 aromatic carbocycles. The predicted molar refractivity (Wildman–Crippen MR) is 188 cm³/mol. The van der Waals surface area contributed by atoms with E-state index in [2.05, 4.69) is 50.1 Å². The largest absolute Gasteiger partial charge is 0.387 e. The van der Waals surface area contributed by atoms with Gasteiger partial charge in [-0.05, 0) is 44.0 Å². The van der Waals surface area contributed by atoms with E-state index in [0.717, 1.165) is 30.8 Å². The second kappa shape index (κ2) is 16.4. The van der Waals surface area contributed by atoms with Crippen LogP contribution in [0.3, 0.4) is 0 Å². The molecule has 2 aliphatic heterocycles. The molecule has 50 heavy (non-hydrogen) atoms. The molecule has 0 radical (unpaired) electrons. The van der Waals surface area contributed by atoms with E-state index in [0.29, 0.717) is 42.4 Å². The highest BCUT2D eigenvalue weighted by molar-refractivity contribution is 5.84. The number of aromatic nitrogens is 4. The number of rotatable bonds is 13. The fourth-order valence-corrected chi connectivity index (χ4v) is 6.64. The lowest BCUT2D eigenvalue weighted by Crippen LogP contribution is -2.42. The lowest BCUT2D eigenvalue weighted by molar-refractivity contribution is -0.137. The molecule has 2 fully saturated rings. The number of hydrogen-bond donors (Lipinski definition) is 5. The molecule has 4 atom stereocenters. The van der Waals surface area contributed by atoms with Crippen LogP contribution in [0.15, 0.2) is 67.0 Å². The highest BCUT2D eigenvalue weighted by Crippen LogP contribution is 2.33. The van der Waals surface area contributed by atoms with E-state index in [9.17, 15) is 19.8 Å². The van der Waals surface area contributed by atoms with Crippen molar-refractivity contribution in [2.45, 2.75) is 63.2 Å². The third-order valence-corrected chi connectivity index (χ3v) is 9.35. The van der Waals surface area contributed by atoms with Gasteiger partial charge in [0.15, 0.2) is 35.1 Å². The topological polar surface area (TPSA) is 170 Å². The zero-order chi connectivity index (χ0) is 35.0. The minimum absolute atomic E-state index is 0.0192. The van der Waals surface area contributed by atoms with Gasteiger partial charge in [0.1, 0.15) is 12.2 Å². The van der Waals surface area contributed by atoms with Crippen molar-refractivity contribution in [3.05, 3.63) is 83.9 Å². The molecule has 14 nitrogen and oxygen atoms in total. The average molecular weight is 686 g/mol. The summed E-state index contributed by atoms with van der Waals surface area (Å²) in [6.07, 6.45) is -0.217. The molecule has 4 heterocycles. The summed E-state index contributed by atoms with van der Waals surface area (Å²) >= 11 is 0. The van der Waals surface area contributed by atoms with Gasteiger partial charge in [0.2, 0.25) is 0 Å². The minimum atomic E-state index is -1.46. The molecular weight excluding hydrogens is 638 g/mol. The molecule has 2 aromatic heterocycles. The zero-order valence-corrected chi connectivity index (χ0v) is 28.6. The Morgan fingerprint density at radius 3 is 2.30 bits per heavy atom. The number of imidazole rings is 1. The fraction of sp³-hybridized carbons (Fsp3) is 0.472. The number of likely N-dealkylation sites (tertiary alicyclic amines) is 1. The van der Waals surface area contributed by atoms with Gasteiger partial charge in [0.05, 0.1) is 12.9 Å². The number of anilines is 1. The maximum absolute atomic E-state index is 13.1.